The third-order valence-corrected chi connectivity index (χ3v) is 6.02. The molecule has 9 heteroatoms. The predicted octanol–water partition coefficient (Wildman–Crippen LogP) is 3.01. The molecule has 2 aliphatic heterocycles. The Morgan fingerprint density at radius 3 is 2.41 bits per heavy atom. The maximum Gasteiger partial charge on any atom is 0.262 e. The third-order valence-electron chi connectivity index (χ3n) is 6.02. The topological polar surface area (TPSA) is 114 Å². The average molecular weight is 466 g/mol. The molecule has 1 fully saturated rings. The monoisotopic (exact) mass is 465 g/mol. The second kappa shape index (κ2) is 9.54. The molecule has 2 aliphatic rings. The number of ketones is 1. The molecule has 2 aromatic rings. The fourth-order valence-corrected chi connectivity index (χ4v) is 4.30. The van der Waals surface area contributed by atoms with E-state index < -0.39 is 5.60 Å². The minimum absolute atomic E-state index is 0.000806. The van der Waals surface area contributed by atoms with Crippen LogP contribution < -0.4 is 20.1 Å². The van der Waals surface area contributed by atoms with Gasteiger partial charge in [0, 0.05) is 57.2 Å². The van der Waals surface area contributed by atoms with Gasteiger partial charge in [-0.1, -0.05) is 6.07 Å². The maximum absolute atomic E-state index is 12.8. The highest BCUT2D eigenvalue weighted by molar-refractivity contribution is 6.00. The van der Waals surface area contributed by atoms with Crippen LogP contribution in [0.4, 0.5) is 11.4 Å². The van der Waals surface area contributed by atoms with E-state index >= 15 is 0 Å². The van der Waals surface area contributed by atoms with Gasteiger partial charge in [-0.15, -0.1) is 0 Å². The highest BCUT2D eigenvalue weighted by atomic mass is 16.5. The molecule has 0 atom stereocenters. The number of benzene rings is 2. The van der Waals surface area contributed by atoms with Gasteiger partial charge in [0.15, 0.2) is 12.4 Å². The number of carbonyl (C=O) groups is 4. The molecule has 2 aromatic carbocycles. The van der Waals surface area contributed by atoms with Gasteiger partial charge in [-0.3, -0.25) is 19.2 Å². The van der Waals surface area contributed by atoms with E-state index in [0.717, 1.165) is 0 Å². The summed E-state index contributed by atoms with van der Waals surface area (Å²) in [4.78, 5) is 49.7. The first-order valence-electron chi connectivity index (χ1n) is 11.2. The van der Waals surface area contributed by atoms with E-state index in [4.69, 9.17) is 9.47 Å². The van der Waals surface area contributed by atoms with E-state index in [1.54, 1.807) is 54.3 Å². The van der Waals surface area contributed by atoms with Crippen LogP contribution in [0.15, 0.2) is 42.5 Å². The van der Waals surface area contributed by atoms with Gasteiger partial charge in [-0.25, -0.2) is 0 Å². The number of anilines is 2. The molecular weight excluding hydrogens is 438 g/mol. The summed E-state index contributed by atoms with van der Waals surface area (Å²) < 4.78 is 11.9. The molecule has 0 aliphatic carbocycles. The quantitative estimate of drug-likeness (QED) is 0.702. The van der Waals surface area contributed by atoms with Crippen molar-refractivity contribution >= 4 is 34.9 Å². The van der Waals surface area contributed by atoms with Crippen molar-refractivity contribution in [1.29, 1.82) is 0 Å². The Bertz CT molecular complexity index is 1140. The molecule has 0 bridgehead atoms. The molecule has 2 heterocycles. The number of fused-ring (bicyclic) bond motifs is 1. The molecular formula is C25H27N3O6. The summed E-state index contributed by atoms with van der Waals surface area (Å²) in [5.74, 6) is 0.295. The van der Waals surface area contributed by atoms with Gasteiger partial charge in [0.25, 0.3) is 5.91 Å². The number of piperidine rings is 1. The van der Waals surface area contributed by atoms with E-state index in [0.29, 0.717) is 54.4 Å². The molecule has 1 spiro atoms. The summed E-state index contributed by atoms with van der Waals surface area (Å²) >= 11 is 0. The van der Waals surface area contributed by atoms with Gasteiger partial charge in [0.2, 0.25) is 11.8 Å². The molecule has 0 radical (unpaired) electrons. The first-order chi connectivity index (χ1) is 16.2. The van der Waals surface area contributed by atoms with Crippen LogP contribution in [0.5, 0.6) is 11.5 Å². The van der Waals surface area contributed by atoms with E-state index in [1.165, 1.54) is 6.92 Å². The molecule has 178 valence electrons. The lowest BCUT2D eigenvalue weighted by Crippen LogP contribution is -2.51. The van der Waals surface area contributed by atoms with Crippen molar-refractivity contribution in [2.75, 3.05) is 30.3 Å². The van der Waals surface area contributed by atoms with Crippen molar-refractivity contribution in [3.8, 4) is 11.5 Å². The highest BCUT2D eigenvalue weighted by Crippen LogP contribution is 2.40. The van der Waals surface area contributed by atoms with E-state index in [9.17, 15) is 19.2 Å². The zero-order valence-corrected chi connectivity index (χ0v) is 19.2. The number of nitrogens with zero attached hydrogens (tertiary/aromatic N) is 1. The first-order valence-corrected chi connectivity index (χ1v) is 11.2. The molecule has 9 nitrogen and oxygen atoms in total. The molecule has 3 amide bonds. The van der Waals surface area contributed by atoms with Gasteiger partial charge in [0.1, 0.15) is 17.1 Å². The molecule has 0 saturated carbocycles. The zero-order chi connectivity index (χ0) is 24.3. The van der Waals surface area contributed by atoms with Gasteiger partial charge in [-0.2, -0.15) is 0 Å². The van der Waals surface area contributed by atoms with Gasteiger partial charge >= 0.3 is 0 Å². The van der Waals surface area contributed by atoms with E-state index in [-0.39, 0.29) is 36.5 Å². The fraction of sp³-hybridized carbons (Fsp3) is 0.360. The fourth-order valence-electron chi connectivity index (χ4n) is 4.30. The van der Waals surface area contributed by atoms with Crippen LogP contribution in [-0.4, -0.2) is 53.7 Å². The standard InChI is InChI=1S/C25H27N3O6/c1-16(29)26-18-4-3-5-19(12-18)27-24(32)15-33-20-6-7-21-22(31)14-25(34-23(21)13-20)8-10-28(11-9-25)17(2)30/h3-7,12-13H,8-11,14-15H2,1-2H3,(H,26,29)(H,27,32). The second-order valence-corrected chi connectivity index (χ2v) is 8.65. The minimum Gasteiger partial charge on any atom is -0.486 e. The lowest BCUT2D eigenvalue weighted by Gasteiger charge is -2.43. The van der Waals surface area contributed by atoms with Crippen molar-refractivity contribution in [3.63, 3.8) is 0 Å². The van der Waals surface area contributed by atoms with Crippen LogP contribution in [0.3, 0.4) is 0 Å². The predicted molar refractivity (Wildman–Crippen MR) is 125 cm³/mol. The summed E-state index contributed by atoms with van der Waals surface area (Å²) in [6.45, 7) is 3.82. The van der Waals surface area contributed by atoms with Crippen LogP contribution in [0.1, 0.15) is 43.5 Å². The van der Waals surface area contributed by atoms with Gasteiger partial charge in [0.05, 0.1) is 12.0 Å². The Morgan fingerprint density at radius 1 is 1.03 bits per heavy atom. The number of rotatable bonds is 5. The van der Waals surface area contributed by atoms with Crippen LogP contribution in [-0.2, 0) is 14.4 Å². The number of Topliss-reactive ketones (excluding diaryl/α,β-unsaturated/α-hetero) is 1. The van der Waals surface area contributed by atoms with Crippen molar-refractivity contribution in [3.05, 3.63) is 48.0 Å². The number of amides is 3. The molecule has 4 rings (SSSR count). The normalized spacial score (nSPS) is 16.3. The Morgan fingerprint density at radius 2 is 1.74 bits per heavy atom. The number of hydrogen-bond donors (Lipinski definition) is 2. The number of hydrogen-bond acceptors (Lipinski definition) is 6. The molecule has 0 unspecified atom stereocenters. The lowest BCUT2D eigenvalue weighted by molar-refractivity contribution is -0.132. The maximum atomic E-state index is 12.8. The SMILES string of the molecule is CC(=O)Nc1cccc(NC(=O)COc2ccc3c(c2)OC2(CCN(C(C)=O)CC2)CC3=O)c1. The van der Waals surface area contributed by atoms with Crippen molar-refractivity contribution in [1.82, 2.24) is 4.90 Å². The Hall–Kier alpha value is -3.88. The average Bonchev–Trinajstić information content (AvgIpc) is 2.77. The first kappa shape index (κ1) is 23.3. The molecule has 34 heavy (non-hydrogen) atoms. The molecule has 2 N–H and O–H groups in total. The van der Waals surface area contributed by atoms with Crippen LogP contribution in [0.2, 0.25) is 0 Å². The van der Waals surface area contributed by atoms with Crippen molar-refractivity contribution < 1.29 is 28.7 Å². The number of nitrogens with one attached hydrogen (secondary N) is 2. The Balaban J connectivity index is 1.38. The Kier molecular flexibility index (Phi) is 6.54. The second-order valence-electron chi connectivity index (χ2n) is 8.65. The van der Waals surface area contributed by atoms with E-state index in [2.05, 4.69) is 10.6 Å². The third kappa shape index (κ3) is 5.36. The number of likely N-dealkylation sites (tertiary alicyclic amines) is 1. The van der Waals surface area contributed by atoms with Crippen LogP contribution in [0.25, 0.3) is 0 Å². The number of ether oxygens (including phenoxy) is 2. The molecule has 0 aromatic heterocycles. The summed E-state index contributed by atoms with van der Waals surface area (Å²) in [6, 6.07) is 11.7. The summed E-state index contributed by atoms with van der Waals surface area (Å²) in [7, 11) is 0. The summed E-state index contributed by atoms with van der Waals surface area (Å²) in [5, 5.41) is 5.38. The lowest BCUT2D eigenvalue weighted by atomic mass is 9.82. The largest absolute Gasteiger partial charge is 0.486 e. The molecule has 1 saturated heterocycles. The van der Waals surface area contributed by atoms with Crippen molar-refractivity contribution in [2.24, 2.45) is 0 Å². The summed E-state index contributed by atoms with van der Waals surface area (Å²) in [5.41, 5.74) is 0.973. The summed E-state index contributed by atoms with van der Waals surface area (Å²) in [6.07, 6.45) is 1.46. The van der Waals surface area contributed by atoms with Crippen LogP contribution >= 0.6 is 0 Å². The van der Waals surface area contributed by atoms with Crippen molar-refractivity contribution in [2.45, 2.75) is 38.7 Å². The Labute approximate surface area is 197 Å². The van der Waals surface area contributed by atoms with E-state index in [1.807, 2.05) is 0 Å². The number of carbonyl (C=O) groups excluding carboxylic acids is 4. The zero-order valence-electron chi connectivity index (χ0n) is 19.2. The van der Waals surface area contributed by atoms with Gasteiger partial charge < -0.3 is 25.0 Å². The highest BCUT2D eigenvalue weighted by Gasteiger charge is 2.43. The minimum atomic E-state index is -0.620. The van der Waals surface area contributed by atoms with Crippen LogP contribution in [0, 0.1) is 0 Å². The van der Waals surface area contributed by atoms with Gasteiger partial charge in [-0.05, 0) is 30.3 Å². The smallest absolute Gasteiger partial charge is 0.262 e.